The molecular formula is C17H13BrCl3NO2. The lowest BCUT2D eigenvalue weighted by molar-refractivity contribution is -0.118. The van der Waals surface area contributed by atoms with Crippen molar-refractivity contribution >= 4 is 62.7 Å². The molecule has 2 aromatic carbocycles. The minimum absolute atomic E-state index is 0.438. The molecule has 0 aliphatic rings. The number of nitrogens with one attached hydrogen (secondary N) is 1. The number of benzene rings is 2. The number of hydrogen-bond donors (Lipinski definition) is 1. The largest absolute Gasteiger partial charge is 0.466 e. The van der Waals surface area contributed by atoms with Crippen LogP contribution in [-0.2, 0) is 4.79 Å². The summed E-state index contributed by atoms with van der Waals surface area (Å²) in [6.45, 7) is 0. The van der Waals surface area contributed by atoms with Crippen LogP contribution >= 0.6 is 50.7 Å². The molecule has 3 nitrogen and oxygen atoms in total. The van der Waals surface area contributed by atoms with Crippen molar-refractivity contribution in [2.45, 2.75) is 10.0 Å². The predicted molar refractivity (Wildman–Crippen MR) is 102 cm³/mol. The first-order chi connectivity index (χ1) is 11.3. The summed E-state index contributed by atoms with van der Waals surface area (Å²) in [5.41, 5.74) is 0.881. The molecule has 0 fully saturated rings. The molecule has 2 rings (SSSR count). The van der Waals surface area contributed by atoms with E-state index in [0.29, 0.717) is 5.75 Å². The van der Waals surface area contributed by atoms with Gasteiger partial charge in [-0.15, -0.1) is 0 Å². The molecule has 0 spiro atoms. The maximum atomic E-state index is 12.1. The molecule has 0 aliphatic carbocycles. The maximum Gasteiger partial charge on any atom is 0.246 e. The van der Waals surface area contributed by atoms with Crippen LogP contribution in [0, 0.1) is 0 Å². The summed E-state index contributed by atoms with van der Waals surface area (Å²) < 4.78 is 4.63. The quantitative estimate of drug-likeness (QED) is 0.379. The van der Waals surface area contributed by atoms with E-state index in [-0.39, 0.29) is 0 Å². The molecule has 0 saturated heterocycles. The highest BCUT2D eigenvalue weighted by Gasteiger charge is 2.35. The van der Waals surface area contributed by atoms with Gasteiger partial charge in [-0.3, -0.25) is 4.79 Å². The first-order valence-electron chi connectivity index (χ1n) is 6.87. The predicted octanol–water partition coefficient (Wildman–Crippen LogP) is 5.35. The minimum atomic E-state index is -1.83. The van der Waals surface area contributed by atoms with Gasteiger partial charge in [-0.25, -0.2) is 0 Å². The molecule has 2 aromatic rings. The van der Waals surface area contributed by atoms with Gasteiger partial charge in [0.2, 0.25) is 15.9 Å². The molecule has 7 heteroatoms. The number of alkyl halides is 3. The van der Waals surface area contributed by atoms with Gasteiger partial charge in [0.15, 0.2) is 0 Å². The van der Waals surface area contributed by atoms with Gasteiger partial charge in [0.1, 0.15) is 5.75 Å². The zero-order valence-electron chi connectivity index (χ0n) is 12.3. The fraction of sp³-hybridized carbons (Fsp3) is 0.118. The second-order valence-electron chi connectivity index (χ2n) is 4.75. The highest BCUT2D eigenvalue weighted by atomic mass is 79.9. The number of ether oxygens (including phenoxy) is 1. The standard InChI is InChI=1S/C17H13BrCl3NO2/c18-13-7-9-14(10-8-13)24-16(17(19,20)21)22-15(23)11-6-12-4-2-1-3-5-12/h1-11,16H,(H,22,23)/b11-6-. The zero-order chi connectivity index (χ0) is 17.6. The second kappa shape index (κ2) is 8.77. The molecule has 1 unspecified atom stereocenters. The van der Waals surface area contributed by atoms with Crippen LogP contribution < -0.4 is 10.1 Å². The van der Waals surface area contributed by atoms with Crippen LogP contribution in [0.2, 0.25) is 0 Å². The van der Waals surface area contributed by atoms with E-state index in [0.717, 1.165) is 10.0 Å². The van der Waals surface area contributed by atoms with E-state index in [1.54, 1.807) is 30.3 Å². The van der Waals surface area contributed by atoms with Crippen molar-refractivity contribution in [2.75, 3.05) is 0 Å². The molecule has 126 valence electrons. The van der Waals surface area contributed by atoms with Gasteiger partial charge in [0.05, 0.1) is 0 Å². The Kier molecular flexibility index (Phi) is 6.99. The van der Waals surface area contributed by atoms with Crippen molar-refractivity contribution in [3.63, 3.8) is 0 Å². The topological polar surface area (TPSA) is 38.3 Å². The smallest absolute Gasteiger partial charge is 0.246 e. The number of hydrogen-bond acceptors (Lipinski definition) is 2. The summed E-state index contributed by atoms with van der Waals surface area (Å²) >= 11 is 21.0. The van der Waals surface area contributed by atoms with Gasteiger partial charge >= 0.3 is 0 Å². The summed E-state index contributed by atoms with van der Waals surface area (Å²) in [4.78, 5) is 12.1. The molecule has 0 radical (unpaired) electrons. The summed E-state index contributed by atoms with van der Waals surface area (Å²) in [5, 5.41) is 2.53. The first-order valence-corrected chi connectivity index (χ1v) is 8.80. The average molecular weight is 450 g/mol. The molecule has 0 heterocycles. The Bertz CT molecular complexity index is 700. The molecule has 24 heavy (non-hydrogen) atoms. The van der Waals surface area contributed by atoms with Gasteiger partial charge in [0, 0.05) is 10.5 Å². The SMILES string of the molecule is O=C(/C=C\c1ccccc1)NC(Oc1ccc(Br)cc1)C(Cl)(Cl)Cl. The van der Waals surface area contributed by atoms with E-state index in [2.05, 4.69) is 21.2 Å². The van der Waals surface area contributed by atoms with Gasteiger partial charge in [-0.2, -0.15) is 0 Å². The van der Waals surface area contributed by atoms with Crippen LogP contribution in [0.1, 0.15) is 5.56 Å². The molecule has 0 saturated carbocycles. The van der Waals surface area contributed by atoms with E-state index in [4.69, 9.17) is 39.5 Å². The minimum Gasteiger partial charge on any atom is -0.466 e. The van der Waals surface area contributed by atoms with Crippen molar-refractivity contribution in [1.82, 2.24) is 5.32 Å². The number of amides is 1. The highest BCUT2D eigenvalue weighted by Crippen LogP contribution is 2.32. The Morgan fingerprint density at radius 3 is 2.29 bits per heavy atom. The van der Waals surface area contributed by atoms with Crippen molar-refractivity contribution in [1.29, 1.82) is 0 Å². The third kappa shape index (κ3) is 6.36. The molecule has 1 atom stereocenters. The number of halogens is 4. The Hall–Kier alpha value is -1.20. The zero-order valence-corrected chi connectivity index (χ0v) is 16.1. The molecule has 1 N–H and O–H groups in total. The fourth-order valence-corrected chi connectivity index (χ4v) is 2.30. The lowest BCUT2D eigenvalue weighted by Gasteiger charge is -2.25. The molecule has 0 aliphatic heterocycles. The van der Waals surface area contributed by atoms with E-state index >= 15 is 0 Å². The van der Waals surface area contributed by atoms with Crippen molar-refractivity contribution in [3.8, 4) is 5.75 Å². The van der Waals surface area contributed by atoms with Crippen LogP contribution in [0.4, 0.5) is 0 Å². The van der Waals surface area contributed by atoms with E-state index in [9.17, 15) is 4.79 Å². The number of carbonyl (C=O) groups is 1. The van der Waals surface area contributed by atoms with Crippen molar-refractivity contribution in [3.05, 3.63) is 70.7 Å². The first kappa shape index (κ1) is 19.1. The van der Waals surface area contributed by atoms with Gasteiger partial charge in [0.25, 0.3) is 0 Å². The molecular weight excluding hydrogens is 436 g/mol. The van der Waals surface area contributed by atoms with Crippen LogP contribution in [0.3, 0.4) is 0 Å². The van der Waals surface area contributed by atoms with Gasteiger partial charge in [-0.1, -0.05) is 81.1 Å². The van der Waals surface area contributed by atoms with Crippen LogP contribution in [0.25, 0.3) is 6.08 Å². The average Bonchev–Trinajstić information content (AvgIpc) is 2.54. The molecule has 0 bridgehead atoms. The number of carbonyl (C=O) groups excluding carboxylic acids is 1. The fourth-order valence-electron chi connectivity index (χ4n) is 1.74. The lowest BCUT2D eigenvalue weighted by Crippen LogP contribution is -2.47. The maximum absolute atomic E-state index is 12.1. The third-order valence-corrected chi connectivity index (χ3v) is 3.99. The Balaban J connectivity index is 2.04. The number of rotatable bonds is 5. The molecule has 0 aromatic heterocycles. The van der Waals surface area contributed by atoms with Crippen LogP contribution in [0.5, 0.6) is 5.75 Å². The van der Waals surface area contributed by atoms with E-state index < -0.39 is 15.9 Å². The Morgan fingerprint density at radius 1 is 1.08 bits per heavy atom. The summed E-state index contributed by atoms with van der Waals surface area (Å²) in [7, 11) is 0. The Labute approximate surface area is 163 Å². The Morgan fingerprint density at radius 2 is 1.71 bits per heavy atom. The molecule has 1 amide bonds. The monoisotopic (exact) mass is 447 g/mol. The summed E-state index contributed by atoms with van der Waals surface area (Å²) in [5.74, 6) is 0.0224. The lowest BCUT2D eigenvalue weighted by atomic mass is 10.2. The summed E-state index contributed by atoms with van der Waals surface area (Å²) in [6, 6.07) is 16.3. The van der Waals surface area contributed by atoms with Crippen LogP contribution in [0.15, 0.2) is 65.1 Å². The van der Waals surface area contributed by atoms with Crippen molar-refractivity contribution < 1.29 is 9.53 Å². The van der Waals surface area contributed by atoms with Crippen LogP contribution in [-0.4, -0.2) is 15.9 Å². The second-order valence-corrected chi connectivity index (χ2v) is 8.03. The third-order valence-electron chi connectivity index (χ3n) is 2.86. The van der Waals surface area contributed by atoms with E-state index in [1.165, 1.54) is 6.08 Å². The van der Waals surface area contributed by atoms with Gasteiger partial charge < -0.3 is 10.1 Å². The van der Waals surface area contributed by atoms with Gasteiger partial charge in [-0.05, 0) is 35.9 Å². The highest BCUT2D eigenvalue weighted by molar-refractivity contribution is 9.10. The summed E-state index contributed by atoms with van der Waals surface area (Å²) in [6.07, 6.45) is 1.87. The van der Waals surface area contributed by atoms with Crippen molar-refractivity contribution in [2.24, 2.45) is 0 Å². The normalized spacial score (nSPS) is 12.8. The van der Waals surface area contributed by atoms with E-state index in [1.807, 2.05) is 30.3 Å².